The average molecular weight is 298 g/mol. The Morgan fingerprint density at radius 1 is 1.41 bits per heavy atom. The first kappa shape index (κ1) is 14.3. The summed E-state index contributed by atoms with van der Waals surface area (Å²) in [6.07, 6.45) is 2.96. The Morgan fingerprint density at radius 2 is 2.23 bits per heavy atom. The predicted molar refractivity (Wildman–Crippen MR) is 82.0 cm³/mol. The van der Waals surface area contributed by atoms with E-state index in [2.05, 4.69) is 10.1 Å². The van der Waals surface area contributed by atoms with Crippen LogP contribution in [0.25, 0.3) is 11.0 Å². The fourth-order valence-corrected chi connectivity index (χ4v) is 2.57. The Balaban J connectivity index is 1.81. The molecule has 2 heterocycles. The van der Waals surface area contributed by atoms with Gasteiger partial charge in [0.2, 0.25) is 5.91 Å². The van der Waals surface area contributed by atoms with Gasteiger partial charge in [0.1, 0.15) is 30.5 Å². The number of hydrogen-bond acceptors (Lipinski definition) is 4. The van der Waals surface area contributed by atoms with E-state index in [1.807, 2.05) is 44.2 Å². The number of carbonyl (C=O) groups is 1. The van der Waals surface area contributed by atoms with Gasteiger partial charge in [0.25, 0.3) is 0 Å². The quantitative estimate of drug-likeness (QED) is 0.726. The van der Waals surface area contributed by atoms with Crippen LogP contribution < -0.4 is 0 Å². The molecule has 3 aromatic rings. The van der Waals surface area contributed by atoms with E-state index in [1.165, 1.54) is 17.3 Å². The lowest BCUT2D eigenvalue weighted by Crippen LogP contribution is -2.35. The Kier molecular flexibility index (Phi) is 3.91. The highest BCUT2D eigenvalue weighted by Crippen LogP contribution is 2.27. The maximum atomic E-state index is 12.5. The third kappa shape index (κ3) is 2.72. The van der Waals surface area contributed by atoms with Crippen molar-refractivity contribution < 1.29 is 9.21 Å². The summed E-state index contributed by atoms with van der Waals surface area (Å²) < 4.78 is 7.39. The fourth-order valence-electron chi connectivity index (χ4n) is 2.57. The molecule has 0 aliphatic heterocycles. The number of carbonyl (C=O) groups excluding carboxylic acids is 1. The molecule has 0 aliphatic carbocycles. The minimum Gasteiger partial charge on any atom is -0.459 e. The molecule has 6 nitrogen and oxygen atoms in total. The van der Waals surface area contributed by atoms with Gasteiger partial charge in [0, 0.05) is 11.9 Å². The van der Waals surface area contributed by atoms with E-state index in [0.29, 0.717) is 6.54 Å². The highest BCUT2D eigenvalue weighted by atomic mass is 16.3. The lowest BCUT2D eigenvalue weighted by Gasteiger charge is -2.26. The zero-order valence-corrected chi connectivity index (χ0v) is 12.6. The summed E-state index contributed by atoms with van der Waals surface area (Å²) in [4.78, 5) is 18.1. The van der Waals surface area contributed by atoms with Crippen molar-refractivity contribution in [3.05, 3.63) is 48.7 Å². The number of nitrogens with zero attached hydrogens (tertiary/aromatic N) is 4. The maximum absolute atomic E-state index is 12.5. The summed E-state index contributed by atoms with van der Waals surface area (Å²) in [6, 6.07) is 9.70. The SMILES string of the molecule is CCN(C(=O)Cn1cncn1)[C@@H](C)c1cc2ccccc2o1. The van der Waals surface area contributed by atoms with Gasteiger partial charge in [0.15, 0.2) is 0 Å². The van der Waals surface area contributed by atoms with Gasteiger partial charge >= 0.3 is 0 Å². The van der Waals surface area contributed by atoms with Gasteiger partial charge in [-0.2, -0.15) is 5.10 Å². The first-order valence-corrected chi connectivity index (χ1v) is 7.29. The largest absolute Gasteiger partial charge is 0.459 e. The molecule has 0 bridgehead atoms. The Morgan fingerprint density at radius 3 is 2.91 bits per heavy atom. The number of para-hydroxylation sites is 1. The molecule has 0 fully saturated rings. The topological polar surface area (TPSA) is 64.2 Å². The van der Waals surface area contributed by atoms with Crippen LogP contribution in [0, 0.1) is 0 Å². The van der Waals surface area contributed by atoms with Crippen molar-refractivity contribution >= 4 is 16.9 Å². The number of likely N-dealkylation sites (N-methyl/N-ethyl adjacent to an activating group) is 1. The fraction of sp³-hybridized carbons (Fsp3) is 0.312. The number of furan rings is 1. The Labute approximate surface area is 128 Å². The van der Waals surface area contributed by atoms with Crippen molar-refractivity contribution in [1.82, 2.24) is 19.7 Å². The van der Waals surface area contributed by atoms with E-state index in [4.69, 9.17) is 4.42 Å². The molecule has 6 heteroatoms. The Bertz CT molecular complexity index is 730. The van der Waals surface area contributed by atoms with Crippen molar-refractivity contribution in [1.29, 1.82) is 0 Å². The Hall–Kier alpha value is -2.63. The number of aromatic nitrogens is 3. The normalized spacial score (nSPS) is 12.5. The third-order valence-corrected chi connectivity index (χ3v) is 3.75. The molecule has 1 aromatic carbocycles. The molecule has 2 aromatic heterocycles. The van der Waals surface area contributed by atoms with Crippen LogP contribution in [0.3, 0.4) is 0 Å². The van der Waals surface area contributed by atoms with Crippen LogP contribution in [-0.4, -0.2) is 32.1 Å². The van der Waals surface area contributed by atoms with E-state index in [-0.39, 0.29) is 18.5 Å². The summed E-state index contributed by atoms with van der Waals surface area (Å²) in [6.45, 7) is 4.71. The van der Waals surface area contributed by atoms with Crippen LogP contribution in [0.15, 0.2) is 47.4 Å². The second-order valence-electron chi connectivity index (χ2n) is 5.14. The van der Waals surface area contributed by atoms with Crippen LogP contribution in [0.5, 0.6) is 0 Å². The highest BCUT2D eigenvalue weighted by Gasteiger charge is 2.23. The molecular formula is C16H18N4O2. The molecular weight excluding hydrogens is 280 g/mol. The smallest absolute Gasteiger partial charge is 0.244 e. The molecule has 3 rings (SSSR count). The van der Waals surface area contributed by atoms with E-state index < -0.39 is 0 Å². The second kappa shape index (κ2) is 6.01. The van der Waals surface area contributed by atoms with E-state index in [0.717, 1.165) is 16.7 Å². The van der Waals surface area contributed by atoms with Crippen LogP contribution in [0.2, 0.25) is 0 Å². The maximum Gasteiger partial charge on any atom is 0.244 e. The molecule has 22 heavy (non-hydrogen) atoms. The number of fused-ring (bicyclic) bond motifs is 1. The molecule has 0 saturated carbocycles. The zero-order chi connectivity index (χ0) is 15.5. The second-order valence-corrected chi connectivity index (χ2v) is 5.14. The number of amides is 1. The highest BCUT2D eigenvalue weighted by molar-refractivity contribution is 5.79. The minimum absolute atomic E-state index is 0.0130. The predicted octanol–water partition coefficient (Wildman–Crippen LogP) is 2.63. The van der Waals surface area contributed by atoms with E-state index >= 15 is 0 Å². The summed E-state index contributed by atoms with van der Waals surface area (Å²) in [5.41, 5.74) is 0.837. The lowest BCUT2D eigenvalue weighted by molar-refractivity contribution is -0.134. The standard InChI is InChI=1S/C16H18N4O2/c1-3-20(16(21)9-19-11-17-10-18-19)12(2)15-8-13-6-4-5-7-14(13)22-15/h4-8,10-12H,3,9H2,1-2H3/t12-/m0/s1. The summed E-state index contributed by atoms with van der Waals surface area (Å²) in [5, 5.41) is 5.02. The summed E-state index contributed by atoms with van der Waals surface area (Å²) >= 11 is 0. The number of benzene rings is 1. The summed E-state index contributed by atoms with van der Waals surface area (Å²) in [7, 11) is 0. The van der Waals surface area contributed by atoms with Gasteiger partial charge in [0.05, 0.1) is 6.04 Å². The van der Waals surface area contributed by atoms with Crippen molar-refractivity contribution in [2.24, 2.45) is 0 Å². The van der Waals surface area contributed by atoms with Crippen LogP contribution in [-0.2, 0) is 11.3 Å². The molecule has 0 unspecified atom stereocenters. The van der Waals surface area contributed by atoms with Crippen molar-refractivity contribution in [3.8, 4) is 0 Å². The monoisotopic (exact) mass is 298 g/mol. The molecule has 0 radical (unpaired) electrons. The van der Waals surface area contributed by atoms with Crippen molar-refractivity contribution in [2.75, 3.05) is 6.54 Å². The van der Waals surface area contributed by atoms with Gasteiger partial charge in [-0.05, 0) is 26.0 Å². The molecule has 0 aliphatic rings. The van der Waals surface area contributed by atoms with Crippen molar-refractivity contribution in [3.63, 3.8) is 0 Å². The minimum atomic E-state index is -0.131. The van der Waals surface area contributed by atoms with E-state index in [1.54, 1.807) is 4.90 Å². The van der Waals surface area contributed by atoms with Crippen LogP contribution >= 0.6 is 0 Å². The molecule has 0 N–H and O–H groups in total. The average Bonchev–Trinajstić information content (AvgIpc) is 3.16. The van der Waals surface area contributed by atoms with Gasteiger partial charge < -0.3 is 9.32 Å². The van der Waals surface area contributed by atoms with Gasteiger partial charge in [-0.1, -0.05) is 18.2 Å². The van der Waals surface area contributed by atoms with E-state index in [9.17, 15) is 4.79 Å². The molecule has 0 saturated heterocycles. The first-order chi connectivity index (χ1) is 10.7. The molecule has 1 atom stereocenters. The third-order valence-electron chi connectivity index (χ3n) is 3.75. The molecule has 1 amide bonds. The number of rotatable bonds is 5. The van der Waals surface area contributed by atoms with Crippen molar-refractivity contribution in [2.45, 2.75) is 26.4 Å². The van der Waals surface area contributed by atoms with Gasteiger partial charge in [-0.25, -0.2) is 9.67 Å². The van der Waals surface area contributed by atoms with Crippen LogP contribution in [0.4, 0.5) is 0 Å². The van der Waals surface area contributed by atoms with Gasteiger partial charge in [-0.3, -0.25) is 4.79 Å². The van der Waals surface area contributed by atoms with Gasteiger partial charge in [-0.15, -0.1) is 0 Å². The number of hydrogen-bond donors (Lipinski definition) is 0. The zero-order valence-electron chi connectivity index (χ0n) is 12.6. The molecule has 114 valence electrons. The lowest BCUT2D eigenvalue weighted by atomic mass is 10.2. The summed E-state index contributed by atoms with van der Waals surface area (Å²) in [5.74, 6) is 0.774. The van der Waals surface area contributed by atoms with Crippen LogP contribution in [0.1, 0.15) is 25.6 Å². The first-order valence-electron chi connectivity index (χ1n) is 7.29. The molecule has 0 spiro atoms.